The zero-order valence-corrected chi connectivity index (χ0v) is 23.3. The van der Waals surface area contributed by atoms with Gasteiger partial charge in [0.15, 0.2) is 0 Å². The molecule has 38 heavy (non-hydrogen) atoms. The molecule has 0 spiro atoms. The quantitative estimate of drug-likeness (QED) is 0.388. The van der Waals surface area contributed by atoms with E-state index in [2.05, 4.69) is 20.7 Å². The number of nitrogens with zero attached hydrogens (tertiary/aromatic N) is 5. The van der Waals surface area contributed by atoms with E-state index in [1.54, 1.807) is 11.1 Å². The number of amides is 1. The lowest BCUT2D eigenvalue weighted by Gasteiger charge is -2.32. The highest BCUT2D eigenvalue weighted by Gasteiger charge is 2.35. The Balaban J connectivity index is 1.41. The Kier molecular flexibility index (Phi) is 7.61. The van der Waals surface area contributed by atoms with Crippen molar-refractivity contribution in [1.29, 1.82) is 0 Å². The van der Waals surface area contributed by atoms with E-state index in [0.717, 1.165) is 48.6 Å². The summed E-state index contributed by atoms with van der Waals surface area (Å²) < 4.78 is 14.1. The molecule has 8 nitrogen and oxygen atoms in total. The molecule has 1 amide bonds. The first kappa shape index (κ1) is 26.5. The van der Waals surface area contributed by atoms with Crippen LogP contribution in [0.25, 0.3) is 5.69 Å². The van der Waals surface area contributed by atoms with Crippen LogP contribution in [0.3, 0.4) is 0 Å². The molecule has 3 aromatic rings. The van der Waals surface area contributed by atoms with Crippen molar-refractivity contribution in [2.75, 3.05) is 6.54 Å². The number of pyridine rings is 1. The van der Waals surface area contributed by atoms with Gasteiger partial charge >= 0.3 is 6.09 Å². The van der Waals surface area contributed by atoms with Crippen LogP contribution in [0.4, 0.5) is 4.79 Å². The third kappa shape index (κ3) is 5.80. The first-order valence-corrected chi connectivity index (χ1v) is 13.9. The molecule has 202 valence electrons. The first-order valence-electron chi connectivity index (χ1n) is 13.5. The van der Waals surface area contributed by atoms with Crippen LogP contribution in [0, 0.1) is 0 Å². The van der Waals surface area contributed by atoms with Gasteiger partial charge in [0.05, 0.1) is 5.69 Å². The highest BCUT2D eigenvalue weighted by molar-refractivity contribution is 6.30. The SMILES string of the molecule is CCN(C(=O)OC(C)(C)C)[C@H]1Cc2cc(Cl)ccc2-n2c(nnc2C2CCC(Oc3ccccn3)CC2)C1. The van der Waals surface area contributed by atoms with Crippen LogP contribution in [0.2, 0.25) is 5.02 Å². The van der Waals surface area contributed by atoms with Crippen molar-refractivity contribution in [2.45, 2.75) is 89.9 Å². The van der Waals surface area contributed by atoms with Crippen molar-refractivity contribution in [3.8, 4) is 11.6 Å². The number of hydrogen-bond donors (Lipinski definition) is 0. The first-order chi connectivity index (χ1) is 18.2. The Bertz CT molecular complexity index is 1260. The van der Waals surface area contributed by atoms with E-state index in [4.69, 9.17) is 26.2 Å². The molecule has 9 heteroatoms. The third-order valence-electron chi connectivity index (χ3n) is 7.29. The van der Waals surface area contributed by atoms with Gasteiger partial charge in [-0.05, 0) is 89.6 Å². The number of rotatable bonds is 5. The Hall–Kier alpha value is -3.13. The van der Waals surface area contributed by atoms with Crippen LogP contribution in [0.1, 0.15) is 76.5 Å². The van der Waals surface area contributed by atoms with Crippen molar-refractivity contribution in [3.63, 3.8) is 0 Å². The van der Waals surface area contributed by atoms with Gasteiger partial charge in [0.1, 0.15) is 23.4 Å². The maximum absolute atomic E-state index is 13.1. The predicted octanol–water partition coefficient (Wildman–Crippen LogP) is 6.15. The second-order valence-electron chi connectivity index (χ2n) is 11.2. The van der Waals surface area contributed by atoms with Gasteiger partial charge < -0.3 is 14.4 Å². The molecule has 3 heterocycles. The van der Waals surface area contributed by atoms with Gasteiger partial charge in [-0.1, -0.05) is 17.7 Å². The summed E-state index contributed by atoms with van der Waals surface area (Å²) in [5.41, 5.74) is 1.55. The Labute approximate surface area is 229 Å². The van der Waals surface area contributed by atoms with Crippen LogP contribution in [-0.2, 0) is 17.6 Å². The van der Waals surface area contributed by atoms with E-state index in [9.17, 15) is 4.79 Å². The summed E-state index contributed by atoms with van der Waals surface area (Å²) in [7, 11) is 0. The number of carbonyl (C=O) groups excluding carboxylic acids is 1. The largest absolute Gasteiger partial charge is 0.474 e. The normalized spacial score (nSPS) is 21.1. The molecule has 0 N–H and O–H groups in total. The Morgan fingerprint density at radius 2 is 1.89 bits per heavy atom. The van der Waals surface area contributed by atoms with E-state index < -0.39 is 5.60 Å². The topological polar surface area (TPSA) is 82.4 Å². The van der Waals surface area contributed by atoms with Gasteiger partial charge in [-0.25, -0.2) is 9.78 Å². The number of benzene rings is 1. The second kappa shape index (κ2) is 10.9. The van der Waals surface area contributed by atoms with Gasteiger partial charge in [-0.15, -0.1) is 10.2 Å². The fourth-order valence-corrected chi connectivity index (χ4v) is 5.76. The van der Waals surface area contributed by atoms with E-state index in [1.807, 2.05) is 58.0 Å². The van der Waals surface area contributed by atoms with Gasteiger partial charge in [0, 0.05) is 42.2 Å². The highest BCUT2D eigenvalue weighted by atomic mass is 35.5. The molecule has 0 unspecified atom stereocenters. The van der Waals surface area contributed by atoms with Crippen molar-refractivity contribution in [3.05, 3.63) is 64.8 Å². The third-order valence-corrected chi connectivity index (χ3v) is 7.52. The Morgan fingerprint density at radius 1 is 1.11 bits per heavy atom. The minimum Gasteiger partial charge on any atom is -0.474 e. The molecule has 1 aromatic carbocycles. The molecule has 0 saturated heterocycles. The van der Waals surface area contributed by atoms with Crippen molar-refractivity contribution >= 4 is 17.7 Å². The van der Waals surface area contributed by atoms with Crippen LogP contribution in [0.15, 0.2) is 42.6 Å². The lowest BCUT2D eigenvalue weighted by atomic mass is 9.86. The molecule has 1 saturated carbocycles. The summed E-state index contributed by atoms with van der Waals surface area (Å²) in [5, 5.41) is 10.0. The summed E-state index contributed by atoms with van der Waals surface area (Å²) in [4.78, 5) is 19.2. The summed E-state index contributed by atoms with van der Waals surface area (Å²) >= 11 is 6.45. The maximum Gasteiger partial charge on any atom is 0.410 e. The monoisotopic (exact) mass is 537 g/mol. The average Bonchev–Trinajstić information content (AvgIpc) is 3.21. The van der Waals surface area contributed by atoms with E-state index in [0.29, 0.717) is 30.3 Å². The minimum atomic E-state index is -0.567. The average molecular weight is 538 g/mol. The molecule has 0 radical (unpaired) electrons. The van der Waals surface area contributed by atoms with Gasteiger partial charge in [-0.3, -0.25) is 4.57 Å². The summed E-state index contributed by atoms with van der Waals surface area (Å²) in [6.45, 7) is 8.19. The van der Waals surface area contributed by atoms with Crippen LogP contribution in [-0.4, -0.2) is 55.0 Å². The molecule has 1 fully saturated rings. The molecular weight excluding hydrogens is 502 g/mol. The molecule has 2 aliphatic rings. The van der Waals surface area contributed by atoms with Crippen molar-refractivity contribution < 1.29 is 14.3 Å². The number of aromatic nitrogens is 4. The van der Waals surface area contributed by atoms with Crippen LogP contribution < -0.4 is 4.74 Å². The molecule has 2 aromatic heterocycles. The molecule has 1 atom stereocenters. The van der Waals surface area contributed by atoms with Crippen LogP contribution >= 0.6 is 11.6 Å². The van der Waals surface area contributed by atoms with Crippen molar-refractivity contribution in [1.82, 2.24) is 24.6 Å². The second-order valence-corrected chi connectivity index (χ2v) is 11.6. The molecular formula is C29H36ClN5O3. The highest BCUT2D eigenvalue weighted by Crippen LogP contribution is 2.37. The summed E-state index contributed by atoms with van der Waals surface area (Å²) in [6.07, 6.45) is 6.63. The molecule has 0 bridgehead atoms. The maximum atomic E-state index is 13.1. The van der Waals surface area contributed by atoms with E-state index >= 15 is 0 Å². The fourth-order valence-electron chi connectivity index (χ4n) is 5.57. The minimum absolute atomic E-state index is 0.118. The predicted molar refractivity (Wildman–Crippen MR) is 146 cm³/mol. The number of carbonyl (C=O) groups is 1. The number of hydrogen-bond acceptors (Lipinski definition) is 6. The summed E-state index contributed by atoms with van der Waals surface area (Å²) in [5.74, 6) is 2.78. The van der Waals surface area contributed by atoms with Crippen molar-refractivity contribution in [2.24, 2.45) is 0 Å². The molecule has 1 aliphatic heterocycles. The molecule has 1 aliphatic carbocycles. The van der Waals surface area contributed by atoms with Gasteiger partial charge in [0.25, 0.3) is 0 Å². The Morgan fingerprint density at radius 3 is 2.58 bits per heavy atom. The lowest BCUT2D eigenvalue weighted by Crippen LogP contribution is -2.45. The standard InChI is InChI=1S/C29H36ClN5O3/c1-5-34(28(36)38-29(2,3)4)22-17-20-16-21(30)11-14-24(20)35-25(18-22)32-33-27(35)19-9-12-23(13-10-19)37-26-8-6-7-15-31-26/h6-8,11,14-16,19,22-23H,5,9-10,12-13,17-18H2,1-4H3/t19?,22-,23?/m0/s1. The zero-order valence-electron chi connectivity index (χ0n) is 22.6. The number of ether oxygens (including phenoxy) is 2. The number of halogens is 1. The fraction of sp³-hybridized carbons (Fsp3) is 0.517. The van der Waals surface area contributed by atoms with Gasteiger partial charge in [-0.2, -0.15) is 0 Å². The smallest absolute Gasteiger partial charge is 0.410 e. The van der Waals surface area contributed by atoms with Crippen LogP contribution in [0.5, 0.6) is 5.88 Å². The summed E-state index contributed by atoms with van der Waals surface area (Å²) in [6, 6.07) is 11.6. The lowest BCUT2D eigenvalue weighted by molar-refractivity contribution is 0.0172. The number of fused-ring (bicyclic) bond motifs is 3. The number of likely N-dealkylation sites (N-methyl/N-ethyl adjacent to an activating group) is 1. The van der Waals surface area contributed by atoms with Gasteiger partial charge in [0.2, 0.25) is 5.88 Å². The van der Waals surface area contributed by atoms with E-state index in [-0.39, 0.29) is 24.2 Å². The van der Waals surface area contributed by atoms with E-state index in [1.165, 1.54) is 0 Å². The zero-order chi connectivity index (χ0) is 26.9. The molecule has 5 rings (SSSR count).